The maximum absolute atomic E-state index is 2.16. The van der Waals surface area contributed by atoms with Crippen LogP contribution in [0.3, 0.4) is 0 Å². The van der Waals surface area contributed by atoms with Gasteiger partial charge in [-0.15, -0.1) is 34.5 Å². The van der Waals surface area contributed by atoms with Crippen LogP contribution in [-0.2, 0) is 0 Å². The van der Waals surface area contributed by atoms with Crippen LogP contribution >= 0.6 is 0 Å². The first kappa shape index (κ1) is 8.52. The molecule has 2 aromatic carbocycles. The van der Waals surface area contributed by atoms with Gasteiger partial charge in [-0.3, -0.25) is 0 Å². The minimum atomic E-state index is 0. The number of hydrogen-bond donors (Lipinski definition) is 0. The monoisotopic (exact) mass is 136 g/mol. The molecule has 0 heterocycles. The third-order valence-electron chi connectivity index (χ3n) is 1.90. The Morgan fingerprint density at radius 3 is 2.55 bits per heavy atom. The van der Waals surface area contributed by atoms with Gasteiger partial charge >= 0.3 is 18.9 Å². The molecule has 0 unspecified atom stereocenters. The smallest absolute Gasteiger partial charge is 0.168 e. The van der Waals surface area contributed by atoms with Crippen molar-refractivity contribution in [3.05, 3.63) is 42.0 Å². The van der Waals surface area contributed by atoms with E-state index in [0.29, 0.717) is 0 Å². The molecule has 0 aliphatic carbocycles. The van der Waals surface area contributed by atoms with E-state index in [-0.39, 0.29) is 18.9 Å². The summed E-state index contributed by atoms with van der Waals surface area (Å²) >= 11 is 0. The Labute approximate surface area is 78.8 Å². The Bertz CT molecular complexity index is 346. The zero-order valence-corrected chi connectivity index (χ0v) is 6.96. The van der Waals surface area contributed by atoms with E-state index in [1.165, 1.54) is 16.3 Å². The van der Waals surface area contributed by atoms with Gasteiger partial charge in [-0.05, 0) is 0 Å². The molecule has 0 N–H and O–H groups in total. The fourth-order valence-corrected chi connectivity index (χ4v) is 1.31. The molecule has 0 atom stereocenters. The molecule has 50 valence electrons. The molecule has 0 saturated carbocycles. The topological polar surface area (TPSA) is 0 Å². The standard InChI is InChI=1S/C10H9.Li/c1-8-6-7-9-4-2-3-5-10(8)9;/h2-7H,1H3;/q-1;+1. The zero-order chi connectivity index (χ0) is 6.97. The molecule has 0 radical (unpaired) electrons. The van der Waals surface area contributed by atoms with E-state index >= 15 is 0 Å². The van der Waals surface area contributed by atoms with E-state index < -0.39 is 0 Å². The van der Waals surface area contributed by atoms with Crippen LogP contribution in [0.2, 0.25) is 0 Å². The van der Waals surface area contributed by atoms with Crippen molar-refractivity contribution in [2.75, 3.05) is 0 Å². The van der Waals surface area contributed by atoms with Gasteiger partial charge in [0.2, 0.25) is 0 Å². The van der Waals surface area contributed by atoms with Crippen LogP contribution in [0.5, 0.6) is 0 Å². The van der Waals surface area contributed by atoms with E-state index in [4.69, 9.17) is 0 Å². The Hall–Kier alpha value is -0.573. The molecular weight excluding hydrogens is 127 g/mol. The summed E-state index contributed by atoms with van der Waals surface area (Å²) in [5, 5.41) is 2.72. The second-order valence-corrected chi connectivity index (χ2v) is 2.60. The fourth-order valence-electron chi connectivity index (χ4n) is 1.31. The first-order valence-corrected chi connectivity index (χ1v) is 3.49. The first-order chi connectivity index (χ1) is 4.88. The van der Waals surface area contributed by atoms with Crippen LogP contribution in [0.15, 0.2) is 36.4 Å². The Kier molecular flexibility index (Phi) is 2.49. The van der Waals surface area contributed by atoms with Crippen LogP contribution in [0.25, 0.3) is 10.8 Å². The molecule has 0 amide bonds. The largest absolute Gasteiger partial charge is 1.00 e. The molecule has 0 spiro atoms. The summed E-state index contributed by atoms with van der Waals surface area (Å²) in [6.45, 7) is 2.14. The second-order valence-electron chi connectivity index (χ2n) is 2.60. The van der Waals surface area contributed by atoms with Gasteiger partial charge in [-0.1, -0.05) is 13.0 Å². The van der Waals surface area contributed by atoms with Gasteiger partial charge in [0.05, 0.1) is 0 Å². The third-order valence-corrected chi connectivity index (χ3v) is 1.90. The summed E-state index contributed by atoms with van der Waals surface area (Å²) in [7, 11) is 0. The SMILES string of the molecule is C[c-]1ccc2ccccc21.[Li+]. The summed E-state index contributed by atoms with van der Waals surface area (Å²) in [4.78, 5) is 0. The quantitative estimate of drug-likeness (QED) is 0.349. The van der Waals surface area contributed by atoms with Crippen molar-refractivity contribution in [2.24, 2.45) is 0 Å². The van der Waals surface area contributed by atoms with E-state index in [9.17, 15) is 0 Å². The third kappa shape index (κ3) is 1.38. The van der Waals surface area contributed by atoms with Gasteiger partial charge in [0.1, 0.15) is 0 Å². The molecule has 0 saturated heterocycles. The molecule has 0 fully saturated rings. The first-order valence-electron chi connectivity index (χ1n) is 3.49. The molecule has 2 aromatic rings. The summed E-state index contributed by atoms with van der Waals surface area (Å²) in [5.74, 6) is 0. The van der Waals surface area contributed by atoms with Gasteiger partial charge in [0.15, 0.2) is 0 Å². The van der Waals surface area contributed by atoms with Gasteiger partial charge in [0.25, 0.3) is 0 Å². The van der Waals surface area contributed by atoms with Crippen molar-refractivity contribution < 1.29 is 18.9 Å². The van der Waals surface area contributed by atoms with Crippen molar-refractivity contribution in [3.8, 4) is 0 Å². The van der Waals surface area contributed by atoms with Crippen molar-refractivity contribution in [1.29, 1.82) is 0 Å². The van der Waals surface area contributed by atoms with Crippen molar-refractivity contribution in [3.63, 3.8) is 0 Å². The molecule has 0 nitrogen and oxygen atoms in total. The molecule has 0 aliphatic rings. The van der Waals surface area contributed by atoms with Gasteiger partial charge in [-0.2, -0.15) is 12.1 Å². The van der Waals surface area contributed by atoms with Gasteiger partial charge in [0, 0.05) is 0 Å². The Balaban J connectivity index is 0.000000605. The van der Waals surface area contributed by atoms with Crippen LogP contribution < -0.4 is 18.9 Å². The van der Waals surface area contributed by atoms with Gasteiger partial charge in [-0.25, -0.2) is 0 Å². The van der Waals surface area contributed by atoms with Crippen molar-refractivity contribution in [2.45, 2.75) is 6.92 Å². The molecule has 2 rings (SSSR count). The summed E-state index contributed by atoms with van der Waals surface area (Å²) in [6, 6.07) is 12.8. The van der Waals surface area contributed by atoms with E-state index in [2.05, 4.69) is 43.3 Å². The number of rotatable bonds is 0. The van der Waals surface area contributed by atoms with E-state index in [0.717, 1.165) is 0 Å². The maximum atomic E-state index is 2.16. The average Bonchev–Trinajstić information content (AvgIpc) is 2.34. The number of benzene rings is 1. The van der Waals surface area contributed by atoms with Crippen LogP contribution in [0.4, 0.5) is 0 Å². The molecule has 11 heavy (non-hydrogen) atoms. The predicted octanol–water partition coefficient (Wildman–Crippen LogP) is -0.129. The minimum Gasteiger partial charge on any atom is -0.168 e. The Morgan fingerprint density at radius 1 is 1.09 bits per heavy atom. The number of aryl methyl sites for hydroxylation is 1. The normalized spacial score (nSPS) is 9.55. The summed E-state index contributed by atoms with van der Waals surface area (Å²) < 4.78 is 0. The second kappa shape index (κ2) is 3.22. The molecular formula is C10H9Li. The maximum Gasteiger partial charge on any atom is 1.00 e. The van der Waals surface area contributed by atoms with E-state index in [1.54, 1.807) is 0 Å². The molecule has 0 aromatic heterocycles. The Morgan fingerprint density at radius 2 is 1.82 bits per heavy atom. The fraction of sp³-hybridized carbons (Fsp3) is 0.100. The zero-order valence-electron chi connectivity index (χ0n) is 6.96. The van der Waals surface area contributed by atoms with Gasteiger partial charge < -0.3 is 0 Å². The summed E-state index contributed by atoms with van der Waals surface area (Å²) in [6.07, 6.45) is 0. The van der Waals surface area contributed by atoms with Crippen molar-refractivity contribution >= 4 is 10.8 Å². The molecule has 1 heteroatoms. The molecule has 0 bridgehead atoms. The van der Waals surface area contributed by atoms with Crippen LogP contribution in [-0.4, -0.2) is 0 Å². The average molecular weight is 136 g/mol. The minimum absolute atomic E-state index is 0. The summed E-state index contributed by atoms with van der Waals surface area (Å²) in [5.41, 5.74) is 1.37. The van der Waals surface area contributed by atoms with Crippen molar-refractivity contribution in [1.82, 2.24) is 0 Å². The van der Waals surface area contributed by atoms with E-state index in [1.807, 2.05) is 0 Å². The predicted molar refractivity (Wildman–Crippen MR) is 44.3 cm³/mol. The van der Waals surface area contributed by atoms with Crippen LogP contribution in [0, 0.1) is 6.92 Å². The molecule has 0 aliphatic heterocycles. The van der Waals surface area contributed by atoms with Crippen LogP contribution in [0.1, 0.15) is 5.56 Å². The number of fused-ring (bicyclic) bond motifs is 1. The number of hydrogen-bond acceptors (Lipinski definition) is 0.